The molecule has 108 valence electrons. The summed E-state index contributed by atoms with van der Waals surface area (Å²) in [7, 11) is 0. The lowest BCUT2D eigenvalue weighted by atomic mass is 10.2. The number of alkyl halides is 3. The molecule has 0 unspecified atom stereocenters. The number of halogens is 3. The van der Waals surface area contributed by atoms with Crippen LogP contribution < -0.4 is 5.32 Å². The first-order valence-corrected chi connectivity index (χ1v) is 6.63. The number of aromatic nitrogens is 2. The third kappa shape index (κ3) is 3.66. The first-order chi connectivity index (χ1) is 9.38. The van der Waals surface area contributed by atoms with Crippen LogP contribution in [0.2, 0.25) is 0 Å². The summed E-state index contributed by atoms with van der Waals surface area (Å²) in [6.07, 6.45) is -2.99. The zero-order valence-corrected chi connectivity index (χ0v) is 11.6. The first-order valence-electron chi connectivity index (χ1n) is 5.81. The second kappa shape index (κ2) is 5.74. The molecule has 0 saturated heterocycles. The molecule has 0 amide bonds. The molecule has 0 aliphatic heterocycles. The van der Waals surface area contributed by atoms with E-state index in [1.54, 1.807) is 13.8 Å². The smallest absolute Gasteiger partial charge is 0.416 e. The van der Waals surface area contributed by atoms with Gasteiger partial charge in [0.05, 0.1) is 11.3 Å². The van der Waals surface area contributed by atoms with Gasteiger partial charge in [0.15, 0.2) is 0 Å². The van der Waals surface area contributed by atoms with Crippen molar-refractivity contribution < 1.29 is 17.6 Å². The van der Waals surface area contributed by atoms with Crippen molar-refractivity contribution in [2.45, 2.75) is 30.3 Å². The predicted octanol–water partition coefficient (Wildman–Crippen LogP) is 3.98. The fourth-order valence-electron chi connectivity index (χ4n) is 1.46. The molecule has 0 bridgehead atoms. The van der Waals surface area contributed by atoms with Gasteiger partial charge in [-0.3, -0.25) is 0 Å². The number of rotatable bonds is 4. The van der Waals surface area contributed by atoms with Gasteiger partial charge in [0.2, 0.25) is 0 Å². The van der Waals surface area contributed by atoms with Gasteiger partial charge in [-0.25, -0.2) is 9.97 Å². The Balaban J connectivity index is 2.33. The summed E-state index contributed by atoms with van der Waals surface area (Å²) < 4.78 is 43.6. The molecule has 0 aromatic carbocycles. The highest BCUT2D eigenvalue weighted by molar-refractivity contribution is 7.99. The lowest BCUT2D eigenvalue weighted by Crippen LogP contribution is -2.08. The van der Waals surface area contributed by atoms with Gasteiger partial charge >= 0.3 is 6.18 Å². The van der Waals surface area contributed by atoms with Gasteiger partial charge in [-0.05, 0) is 37.7 Å². The number of nitrogens with zero attached hydrogens (tertiary/aromatic N) is 2. The average molecular weight is 303 g/mol. The van der Waals surface area contributed by atoms with Crippen LogP contribution in [0.1, 0.15) is 18.2 Å². The van der Waals surface area contributed by atoms with Crippen LogP contribution in [0.4, 0.5) is 19.0 Å². The number of anilines is 1. The number of oxazole rings is 1. The first kappa shape index (κ1) is 14.7. The molecule has 0 aliphatic rings. The lowest BCUT2D eigenvalue weighted by Gasteiger charge is -2.11. The summed E-state index contributed by atoms with van der Waals surface area (Å²) in [5, 5.41) is 3.22. The van der Waals surface area contributed by atoms with Gasteiger partial charge in [0.25, 0.3) is 5.22 Å². The van der Waals surface area contributed by atoms with E-state index in [2.05, 4.69) is 15.3 Å². The summed E-state index contributed by atoms with van der Waals surface area (Å²) >= 11 is 0.950. The second-order valence-corrected chi connectivity index (χ2v) is 4.94. The van der Waals surface area contributed by atoms with E-state index >= 15 is 0 Å². The van der Waals surface area contributed by atoms with Crippen molar-refractivity contribution in [3.63, 3.8) is 0 Å². The lowest BCUT2D eigenvalue weighted by molar-refractivity contribution is -0.137. The van der Waals surface area contributed by atoms with Crippen molar-refractivity contribution in [1.29, 1.82) is 0 Å². The van der Waals surface area contributed by atoms with E-state index in [1.165, 1.54) is 6.26 Å². The van der Waals surface area contributed by atoms with E-state index in [0.29, 0.717) is 12.2 Å². The van der Waals surface area contributed by atoms with Crippen molar-refractivity contribution in [3.05, 3.63) is 29.7 Å². The number of hydrogen-bond donors (Lipinski definition) is 1. The third-order valence-electron chi connectivity index (χ3n) is 2.28. The molecule has 2 rings (SSSR count). The summed E-state index contributed by atoms with van der Waals surface area (Å²) in [6.45, 7) is 4.00. The Kier molecular flexibility index (Phi) is 4.22. The fourth-order valence-corrected chi connectivity index (χ4v) is 2.26. The molecule has 0 radical (unpaired) electrons. The standard InChI is InChI=1S/C12H12F3N3OS/c1-3-16-9-4-8(12(13,14)15)5-10(18-9)20-11-17-7(2)6-19-11/h4-6H,3H2,1-2H3,(H,16,18). The van der Waals surface area contributed by atoms with Gasteiger partial charge in [-0.15, -0.1) is 0 Å². The molecule has 0 fully saturated rings. The fraction of sp³-hybridized carbons (Fsp3) is 0.333. The van der Waals surface area contributed by atoms with Gasteiger partial charge in [-0.1, -0.05) is 0 Å². The molecule has 0 spiro atoms. The zero-order chi connectivity index (χ0) is 14.8. The largest absolute Gasteiger partial charge is 0.439 e. The van der Waals surface area contributed by atoms with E-state index in [0.717, 1.165) is 23.9 Å². The van der Waals surface area contributed by atoms with Crippen molar-refractivity contribution in [1.82, 2.24) is 9.97 Å². The van der Waals surface area contributed by atoms with Crippen LogP contribution >= 0.6 is 11.8 Å². The van der Waals surface area contributed by atoms with Crippen LogP contribution in [0.25, 0.3) is 0 Å². The topological polar surface area (TPSA) is 51.0 Å². The molecule has 4 nitrogen and oxygen atoms in total. The maximum absolute atomic E-state index is 12.8. The minimum atomic E-state index is -4.42. The quantitative estimate of drug-likeness (QED) is 0.926. The van der Waals surface area contributed by atoms with Crippen molar-refractivity contribution in [3.8, 4) is 0 Å². The summed E-state index contributed by atoms with van der Waals surface area (Å²) in [5.74, 6) is 0.174. The monoisotopic (exact) mass is 303 g/mol. The number of aryl methyl sites for hydroxylation is 1. The van der Waals surface area contributed by atoms with E-state index in [9.17, 15) is 13.2 Å². The van der Waals surface area contributed by atoms with E-state index in [4.69, 9.17) is 4.42 Å². The van der Waals surface area contributed by atoms with Crippen molar-refractivity contribution >= 4 is 17.6 Å². The van der Waals surface area contributed by atoms with E-state index < -0.39 is 11.7 Å². The van der Waals surface area contributed by atoms with Gasteiger partial charge < -0.3 is 9.73 Å². The van der Waals surface area contributed by atoms with Gasteiger partial charge in [-0.2, -0.15) is 13.2 Å². The molecule has 2 aromatic heterocycles. The maximum atomic E-state index is 12.8. The number of pyridine rings is 1. The van der Waals surface area contributed by atoms with Crippen LogP contribution in [0.15, 0.2) is 33.1 Å². The Hall–Kier alpha value is -1.70. The Labute approximate surface area is 117 Å². The average Bonchev–Trinajstić information content (AvgIpc) is 2.74. The Morgan fingerprint density at radius 3 is 2.60 bits per heavy atom. The molecule has 2 heterocycles. The summed E-state index contributed by atoms with van der Waals surface area (Å²) in [6, 6.07) is 1.96. The Morgan fingerprint density at radius 2 is 2.05 bits per heavy atom. The van der Waals surface area contributed by atoms with Crippen LogP contribution in [-0.4, -0.2) is 16.5 Å². The predicted molar refractivity (Wildman–Crippen MR) is 68.8 cm³/mol. The molecular formula is C12H12F3N3OS. The molecule has 0 saturated carbocycles. The minimum Gasteiger partial charge on any atom is -0.439 e. The third-order valence-corrected chi connectivity index (χ3v) is 3.06. The van der Waals surface area contributed by atoms with Gasteiger partial charge in [0.1, 0.15) is 17.1 Å². The highest BCUT2D eigenvalue weighted by Gasteiger charge is 2.31. The molecule has 0 aliphatic carbocycles. The summed E-state index contributed by atoms with van der Waals surface area (Å²) in [4.78, 5) is 8.12. The van der Waals surface area contributed by atoms with E-state index in [1.807, 2.05) is 0 Å². The van der Waals surface area contributed by atoms with Crippen LogP contribution in [-0.2, 0) is 6.18 Å². The Bertz CT molecular complexity index is 598. The van der Waals surface area contributed by atoms with Crippen LogP contribution in [0.5, 0.6) is 0 Å². The molecule has 0 atom stereocenters. The van der Waals surface area contributed by atoms with Crippen LogP contribution in [0, 0.1) is 6.92 Å². The number of hydrogen-bond acceptors (Lipinski definition) is 5. The molecule has 1 N–H and O–H groups in total. The SMILES string of the molecule is CCNc1cc(C(F)(F)F)cc(Sc2nc(C)co2)n1. The molecular weight excluding hydrogens is 291 g/mol. The number of nitrogens with one attached hydrogen (secondary N) is 1. The highest BCUT2D eigenvalue weighted by Crippen LogP contribution is 2.34. The Morgan fingerprint density at radius 1 is 1.30 bits per heavy atom. The summed E-state index contributed by atoms with van der Waals surface area (Å²) in [5.41, 5.74) is -0.0967. The van der Waals surface area contributed by atoms with E-state index in [-0.39, 0.29) is 16.1 Å². The highest BCUT2D eigenvalue weighted by atomic mass is 32.2. The van der Waals surface area contributed by atoms with Crippen molar-refractivity contribution in [2.75, 3.05) is 11.9 Å². The molecule has 20 heavy (non-hydrogen) atoms. The maximum Gasteiger partial charge on any atom is 0.416 e. The van der Waals surface area contributed by atoms with Gasteiger partial charge in [0, 0.05) is 6.54 Å². The molecule has 8 heteroatoms. The molecule has 2 aromatic rings. The normalized spacial score (nSPS) is 11.7. The van der Waals surface area contributed by atoms with Crippen LogP contribution in [0.3, 0.4) is 0 Å². The van der Waals surface area contributed by atoms with Crippen molar-refractivity contribution in [2.24, 2.45) is 0 Å². The zero-order valence-electron chi connectivity index (χ0n) is 10.8. The minimum absolute atomic E-state index is 0.174. The second-order valence-electron chi connectivity index (χ2n) is 3.96.